The van der Waals surface area contributed by atoms with Gasteiger partial charge in [0.1, 0.15) is 11.9 Å². The van der Waals surface area contributed by atoms with E-state index in [1.807, 2.05) is 24.3 Å². The van der Waals surface area contributed by atoms with Gasteiger partial charge in [0.15, 0.2) is 0 Å². The Hall–Kier alpha value is -3.87. The number of nitrogens with zero attached hydrogens (tertiary/aromatic N) is 2. The first-order chi connectivity index (χ1) is 14.6. The fourth-order valence-electron chi connectivity index (χ4n) is 3.45. The Bertz CT molecular complexity index is 1060. The zero-order valence-corrected chi connectivity index (χ0v) is 16.7. The van der Waals surface area contributed by atoms with Gasteiger partial charge in [-0.15, -0.1) is 0 Å². The summed E-state index contributed by atoms with van der Waals surface area (Å²) in [5, 5.41) is 3.37. The second-order valence-electron chi connectivity index (χ2n) is 6.83. The predicted octanol–water partition coefficient (Wildman–Crippen LogP) is 3.64. The lowest BCUT2D eigenvalue weighted by atomic mass is 10.2. The van der Waals surface area contributed by atoms with Crippen molar-refractivity contribution in [2.45, 2.75) is 12.7 Å². The quantitative estimate of drug-likeness (QED) is 0.633. The van der Waals surface area contributed by atoms with E-state index in [2.05, 4.69) is 10.3 Å². The molecule has 0 saturated heterocycles. The summed E-state index contributed by atoms with van der Waals surface area (Å²) < 4.78 is 9.95. The van der Waals surface area contributed by atoms with Gasteiger partial charge in [0, 0.05) is 18.4 Å². The lowest BCUT2D eigenvalue weighted by Gasteiger charge is -2.26. The molecule has 1 N–H and O–H groups in total. The van der Waals surface area contributed by atoms with Crippen LogP contribution in [0.1, 0.15) is 38.1 Å². The second kappa shape index (κ2) is 8.24. The molecule has 7 nitrogen and oxygen atoms in total. The molecule has 7 heteroatoms. The Balaban J connectivity index is 1.61. The van der Waals surface area contributed by atoms with E-state index in [-0.39, 0.29) is 5.91 Å². The largest absolute Gasteiger partial charge is 0.497 e. The highest BCUT2D eigenvalue weighted by atomic mass is 16.5. The summed E-state index contributed by atoms with van der Waals surface area (Å²) in [5.74, 6) is 0.278. The smallest absolute Gasteiger partial charge is 0.337 e. The standard InChI is InChI=1S/C23H21N3O4/c1-29-18-11-5-15(6-12-18)14-26-21(20-19(22(26)27)4-3-13-24-20)25-17-9-7-16(8-10-17)23(28)30-2/h3-13,21,25H,14H2,1-2H3/t21-/m1/s1. The molecule has 1 amide bonds. The number of hydrogen-bond donors (Lipinski definition) is 1. The molecule has 152 valence electrons. The lowest BCUT2D eigenvalue weighted by molar-refractivity contribution is 0.0600. The van der Waals surface area contributed by atoms with Crippen molar-refractivity contribution in [2.24, 2.45) is 0 Å². The number of esters is 1. The Kier molecular flexibility index (Phi) is 5.34. The third-order valence-corrected chi connectivity index (χ3v) is 5.02. The van der Waals surface area contributed by atoms with Crippen LogP contribution >= 0.6 is 0 Å². The third kappa shape index (κ3) is 3.69. The van der Waals surface area contributed by atoms with Crippen LogP contribution < -0.4 is 10.1 Å². The lowest BCUT2D eigenvalue weighted by Crippen LogP contribution is -2.32. The normalized spacial score (nSPS) is 14.9. The summed E-state index contributed by atoms with van der Waals surface area (Å²) in [6, 6.07) is 18.1. The van der Waals surface area contributed by atoms with Crippen LogP contribution in [0.4, 0.5) is 5.69 Å². The number of carbonyl (C=O) groups excluding carboxylic acids is 2. The minimum atomic E-state index is -0.431. The molecule has 1 aromatic heterocycles. The van der Waals surface area contributed by atoms with Crippen LogP contribution in [0.15, 0.2) is 66.9 Å². The fourth-order valence-corrected chi connectivity index (χ4v) is 3.45. The number of nitrogens with one attached hydrogen (secondary N) is 1. The van der Waals surface area contributed by atoms with E-state index >= 15 is 0 Å². The number of fused-ring (bicyclic) bond motifs is 1. The van der Waals surface area contributed by atoms with Gasteiger partial charge in [0.25, 0.3) is 5.91 Å². The molecule has 2 heterocycles. The molecule has 4 rings (SSSR count). The molecular weight excluding hydrogens is 382 g/mol. The Morgan fingerprint density at radius 1 is 1.07 bits per heavy atom. The number of pyridine rings is 1. The molecule has 0 aliphatic carbocycles. The number of rotatable bonds is 6. The van der Waals surface area contributed by atoms with Crippen molar-refractivity contribution in [3.63, 3.8) is 0 Å². The van der Waals surface area contributed by atoms with Crippen molar-refractivity contribution in [1.82, 2.24) is 9.88 Å². The van der Waals surface area contributed by atoms with Gasteiger partial charge in [-0.3, -0.25) is 9.78 Å². The number of ether oxygens (including phenoxy) is 2. The average Bonchev–Trinajstić information content (AvgIpc) is 3.05. The van der Waals surface area contributed by atoms with Gasteiger partial charge in [-0.1, -0.05) is 12.1 Å². The molecule has 30 heavy (non-hydrogen) atoms. The van der Waals surface area contributed by atoms with E-state index < -0.39 is 12.1 Å². The Morgan fingerprint density at radius 3 is 2.47 bits per heavy atom. The summed E-state index contributed by atoms with van der Waals surface area (Å²) in [7, 11) is 2.96. The highest BCUT2D eigenvalue weighted by Gasteiger charge is 2.37. The van der Waals surface area contributed by atoms with Crippen LogP contribution in [0.5, 0.6) is 5.75 Å². The van der Waals surface area contributed by atoms with Crippen molar-refractivity contribution in [2.75, 3.05) is 19.5 Å². The molecule has 0 bridgehead atoms. The molecule has 1 aliphatic heterocycles. The van der Waals surface area contributed by atoms with E-state index in [0.717, 1.165) is 17.0 Å². The Morgan fingerprint density at radius 2 is 1.80 bits per heavy atom. The highest BCUT2D eigenvalue weighted by Crippen LogP contribution is 2.34. The van der Waals surface area contributed by atoms with Crippen molar-refractivity contribution >= 4 is 17.6 Å². The zero-order valence-electron chi connectivity index (χ0n) is 16.7. The van der Waals surface area contributed by atoms with E-state index in [1.165, 1.54) is 7.11 Å². The van der Waals surface area contributed by atoms with Crippen LogP contribution in [-0.2, 0) is 11.3 Å². The number of methoxy groups -OCH3 is 2. The minimum Gasteiger partial charge on any atom is -0.497 e. The van der Waals surface area contributed by atoms with Gasteiger partial charge in [0.2, 0.25) is 0 Å². The predicted molar refractivity (Wildman–Crippen MR) is 111 cm³/mol. The maximum atomic E-state index is 13.1. The van der Waals surface area contributed by atoms with Crippen molar-refractivity contribution in [1.29, 1.82) is 0 Å². The van der Waals surface area contributed by atoms with Gasteiger partial charge >= 0.3 is 5.97 Å². The Labute approximate surface area is 174 Å². The molecule has 2 aromatic carbocycles. The maximum absolute atomic E-state index is 13.1. The van der Waals surface area contributed by atoms with Crippen LogP contribution in [0.2, 0.25) is 0 Å². The number of benzene rings is 2. The summed E-state index contributed by atoms with van der Waals surface area (Å²) >= 11 is 0. The first kappa shape index (κ1) is 19.4. The van der Waals surface area contributed by atoms with Gasteiger partial charge < -0.3 is 19.7 Å². The number of hydrogen-bond acceptors (Lipinski definition) is 6. The van der Waals surface area contributed by atoms with E-state index in [9.17, 15) is 9.59 Å². The van der Waals surface area contributed by atoms with Crippen molar-refractivity contribution in [3.05, 3.63) is 89.2 Å². The maximum Gasteiger partial charge on any atom is 0.337 e. The zero-order chi connectivity index (χ0) is 21.1. The molecule has 3 aromatic rings. The number of amides is 1. The molecule has 1 atom stereocenters. The van der Waals surface area contributed by atoms with Crippen LogP contribution in [0.3, 0.4) is 0 Å². The summed E-state index contributed by atoms with van der Waals surface area (Å²) in [5.41, 5.74) is 3.45. The number of aromatic nitrogens is 1. The first-order valence-electron chi connectivity index (χ1n) is 9.44. The average molecular weight is 403 g/mol. The summed E-state index contributed by atoms with van der Waals surface area (Å²) in [4.78, 5) is 30.9. The van der Waals surface area contributed by atoms with Gasteiger partial charge in [-0.25, -0.2) is 4.79 Å². The molecule has 0 saturated carbocycles. The van der Waals surface area contributed by atoms with Crippen molar-refractivity contribution < 1.29 is 19.1 Å². The molecule has 0 radical (unpaired) electrons. The first-order valence-corrected chi connectivity index (χ1v) is 9.44. The van der Waals surface area contributed by atoms with Crippen LogP contribution in [0.25, 0.3) is 0 Å². The molecule has 0 fully saturated rings. The van der Waals surface area contributed by atoms with Gasteiger partial charge in [-0.2, -0.15) is 0 Å². The number of anilines is 1. The second-order valence-corrected chi connectivity index (χ2v) is 6.83. The van der Waals surface area contributed by atoms with Crippen LogP contribution in [0, 0.1) is 0 Å². The number of carbonyl (C=O) groups is 2. The fraction of sp³-hybridized carbons (Fsp3) is 0.174. The van der Waals surface area contributed by atoms with E-state index in [4.69, 9.17) is 9.47 Å². The SMILES string of the molecule is COC(=O)c1ccc(N[C@H]2c3ncccc3C(=O)N2Cc2ccc(OC)cc2)cc1. The monoisotopic (exact) mass is 403 g/mol. The van der Waals surface area contributed by atoms with Gasteiger partial charge in [-0.05, 0) is 54.1 Å². The molecule has 1 aliphatic rings. The van der Waals surface area contributed by atoms with E-state index in [0.29, 0.717) is 23.4 Å². The summed E-state index contributed by atoms with van der Waals surface area (Å²) in [6.07, 6.45) is 1.25. The topological polar surface area (TPSA) is 80.8 Å². The highest BCUT2D eigenvalue weighted by molar-refractivity contribution is 5.99. The third-order valence-electron chi connectivity index (χ3n) is 5.02. The molecular formula is C23H21N3O4. The molecule has 0 spiro atoms. The molecule has 0 unspecified atom stereocenters. The summed E-state index contributed by atoms with van der Waals surface area (Å²) in [6.45, 7) is 0.414. The van der Waals surface area contributed by atoms with Crippen molar-refractivity contribution in [3.8, 4) is 5.75 Å². The van der Waals surface area contributed by atoms with Gasteiger partial charge in [0.05, 0.1) is 31.0 Å². The van der Waals surface area contributed by atoms with E-state index in [1.54, 1.807) is 54.6 Å². The minimum absolute atomic E-state index is 0.0856. The van der Waals surface area contributed by atoms with Crippen LogP contribution in [-0.4, -0.2) is 36.0 Å².